The van der Waals surface area contributed by atoms with E-state index in [-0.39, 0.29) is 6.04 Å². The van der Waals surface area contributed by atoms with Crippen LogP contribution in [0.4, 0.5) is 0 Å². The van der Waals surface area contributed by atoms with Gasteiger partial charge in [-0.15, -0.1) is 16.4 Å². The van der Waals surface area contributed by atoms with E-state index in [1.165, 1.54) is 21.3 Å². The third-order valence-corrected chi connectivity index (χ3v) is 4.67. The Morgan fingerprint density at radius 2 is 2.33 bits per heavy atom. The van der Waals surface area contributed by atoms with E-state index in [4.69, 9.17) is 5.84 Å². The second-order valence-electron chi connectivity index (χ2n) is 4.17. The molecule has 2 aromatic rings. The summed E-state index contributed by atoms with van der Waals surface area (Å²) in [6.07, 6.45) is 4.08. The molecule has 1 atom stereocenters. The first-order valence-corrected chi connectivity index (χ1v) is 7.80. The molecular formula is C12H18N4S2. The fourth-order valence-electron chi connectivity index (χ4n) is 1.92. The maximum absolute atomic E-state index is 5.67. The minimum atomic E-state index is 0.161. The summed E-state index contributed by atoms with van der Waals surface area (Å²) in [5.74, 6) is 5.67. The van der Waals surface area contributed by atoms with Gasteiger partial charge in [-0.05, 0) is 42.2 Å². The molecule has 2 aromatic heterocycles. The molecule has 0 saturated heterocycles. The summed E-state index contributed by atoms with van der Waals surface area (Å²) in [7, 11) is 0. The van der Waals surface area contributed by atoms with Crippen LogP contribution >= 0.6 is 22.9 Å². The van der Waals surface area contributed by atoms with E-state index >= 15 is 0 Å². The second-order valence-corrected chi connectivity index (χ2v) is 5.99. The van der Waals surface area contributed by atoms with E-state index in [2.05, 4.69) is 39.4 Å². The van der Waals surface area contributed by atoms with E-state index in [0.717, 1.165) is 31.4 Å². The molecule has 0 aliphatic carbocycles. The Kier molecular flexibility index (Phi) is 5.25. The van der Waals surface area contributed by atoms with Gasteiger partial charge in [0.2, 0.25) is 0 Å². The zero-order chi connectivity index (χ0) is 12.8. The number of nitrogens with two attached hydrogens (primary N) is 1. The molecule has 3 N–H and O–H groups in total. The number of aryl methyl sites for hydroxylation is 2. The van der Waals surface area contributed by atoms with Crippen molar-refractivity contribution in [2.75, 3.05) is 0 Å². The van der Waals surface area contributed by atoms with Crippen molar-refractivity contribution in [2.45, 2.75) is 38.6 Å². The van der Waals surface area contributed by atoms with Gasteiger partial charge in [-0.2, -0.15) is 0 Å². The van der Waals surface area contributed by atoms with Gasteiger partial charge in [0, 0.05) is 4.88 Å². The summed E-state index contributed by atoms with van der Waals surface area (Å²) in [5.41, 5.74) is 3.99. The van der Waals surface area contributed by atoms with Gasteiger partial charge in [-0.25, -0.2) is 0 Å². The molecule has 0 fully saturated rings. The minimum absolute atomic E-state index is 0.161. The summed E-state index contributed by atoms with van der Waals surface area (Å²) in [6, 6.07) is 4.41. The van der Waals surface area contributed by atoms with Crippen molar-refractivity contribution >= 4 is 22.9 Å². The first-order chi connectivity index (χ1) is 8.85. The van der Waals surface area contributed by atoms with Crippen LogP contribution in [-0.4, -0.2) is 9.59 Å². The molecule has 0 radical (unpaired) electrons. The topological polar surface area (TPSA) is 63.8 Å². The Morgan fingerprint density at radius 1 is 1.44 bits per heavy atom. The van der Waals surface area contributed by atoms with Crippen LogP contribution in [0.3, 0.4) is 0 Å². The van der Waals surface area contributed by atoms with Crippen LogP contribution in [0.25, 0.3) is 0 Å². The van der Waals surface area contributed by atoms with Gasteiger partial charge < -0.3 is 0 Å². The van der Waals surface area contributed by atoms with Crippen molar-refractivity contribution in [1.82, 2.24) is 15.0 Å². The maximum Gasteiger partial charge on any atom is 0.0804 e. The highest BCUT2D eigenvalue weighted by Gasteiger charge is 2.17. The lowest BCUT2D eigenvalue weighted by molar-refractivity contribution is 0.520. The number of rotatable bonds is 7. The number of hydrazine groups is 1. The van der Waals surface area contributed by atoms with Crippen molar-refractivity contribution < 1.29 is 0 Å². The van der Waals surface area contributed by atoms with Gasteiger partial charge >= 0.3 is 0 Å². The van der Waals surface area contributed by atoms with E-state index < -0.39 is 0 Å². The average Bonchev–Trinajstić information content (AvgIpc) is 3.02. The van der Waals surface area contributed by atoms with Crippen LogP contribution in [-0.2, 0) is 12.8 Å². The van der Waals surface area contributed by atoms with Crippen molar-refractivity contribution in [3.8, 4) is 0 Å². The highest BCUT2D eigenvalue weighted by molar-refractivity contribution is 7.09. The highest BCUT2D eigenvalue weighted by atomic mass is 32.1. The van der Waals surface area contributed by atoms with Crippen molar-refractivity contribution in [2.24, 2.45) is 5.84 Å². The van der Waals surface area contributed by atoms with Gasteiger partial charge in [0.25, 0.3) is 0 Å². The lowest BCUT2D eigenvalue weighted by Gasteiger charge is -2.14. The van der Waals surface area contributed by atoms with Gasteiger partial charge in [0.05, 0.1) is 16.6 Å². The standard InChI is InChI=1S/C12H18N4S2/c1-2-4-11-12(18-16-15-11)10(14-13)7-6-9-5-3-8-17-9/h3,5,8,10,14H,2,4,6-7,13H2,1H3. The van der Waals surface area contributed by atoms with Gasteiger partial charge in [0.1, 0.15) is 0 Å². The Morgan fingerprint density at radius 3 is 3.00 bits per heavy atom. The summed E-state index contributed by atoms with van der Waals surface area (Å²) < 4.78 is 4.05. The molecule has 0 aromatic carbocycles. The zero-order valence-corrected chi connectivity index (χ0v) is 12.1. The summed E-state index contributed by atoms with van der Waals surface area (Å²) in [4.78, 5) is 2.58. The summed E-state index contributed by atoms with van der Waals surface area (Å²) in [6.45, 7) is 2.15. The lowest BCUT2D eigenvalue weighted by Crippen LogP contribution is -2.28. The lowest BCUT2D eigenvalue weighted by atomic mass is 10.1. The van der Waals surface area contributed by atoms with Crippen molar-refractivity contribution in [3.63, 3.8) is 0 Å². The van der Waals surface area contributed by atoms with E-state index in [0.29, 0.717) is 0 Å². The first kappa shape index (κ1) is 13.6. The van der Waals surface area contributed by atoms with Crippen LogP contribution in [0, 0.1) is 0 Å². The molecule has 0 amide bonds. The number of hydrogen-bond donors (Lipinski definition) is 2. The number of hydrogen-bond acceptors (Lipinski definition) is 6. The average molecular weight is 282 g/mol. The fraction of sp³-hybridized carbons (Fsp3) is 0.500. The Labute approximate surface area is 115 Å². The quantitative estimate of drug-likeness (QED) is 0.605. The molecule has 6 heteroatoms. The molecule has 4 nitrogen and oxygen atoms in total. The summed E-state index contributed by atoms with van der Waals surface area (Å²) in [5, 5.41) is 6.30. The fourth-order valence-corrected chi connectivity index (χ4v) is 3.44. The number of nitrogens with zero attached hydrogens (tertiary/aromatic N) is 2. The largest absolute Gasteiger partial charge is 0.271 e. The number of thiophene rings is 1. The monoisotopic (exact) mass is 282 g/mol. The third kappa shape index (κ3) is 3.35. The SMILES string of the molecule is CCCc1nnsc1C(CCc1cccs1)NN. The molecule has 0 spiro atoms. The predicted molar refractivity (Wildman–Crippen MR) is 76.6 cm³/mol. The second kappa shape index (κ2) is 6.94. The zero-order valence-electron chi connectivity index (χ0n) is 10.4. The Bertz CT molecular complexity index is 452. The molecule has 0 aliphatic rings. The van der Waals surface area contributed by atoms with E-state index in [1.54, 1.807) is 11.3 Å². The van der Waals surface area contributed by atoms with Crippen molar-refractivity contribution in [1.29, 1.82) is 0 Å². The van der Waals surface area contributed by atoms with Crippen LogP contribution < -0.4 is 11.3 Å². The molecule has 98 valence electrons. The van der Waals surface area contributed by atoms with Crippen LogP contribution in [0.2, 0.25) is 0 Å². The number of nitrogens with one attached hydrogen (secondary N) is 1. The van der Waals surface area contributed by atoms with Gasteiger partial charge in [-0.1, -0.05) is 23.9 Å². The van der Waals surface area contributed by atoms with E-state index in [1.807, 2.05) is 0 Å². The maximum atomic E-state index is 5.67. The van der Waals surface area contributed by atoms with Crippen LogP contribution in [0.5, 0.6) is 0 Å². The molecule has 2 rings (SSSR count). The number of aromatic nitrogens is 2. The highest BCUT2D eigenvalue weighted by Crippen LogP contribution is 2.25. The Hall–Kier alpha value is -0.820. The first-order valence-electron chi connectivity index (χ1n) is 6.14. The molecular weight excluding hydrogens is 264 g/mol. The molecule has 2 heterocycles. The van der Waals surface area contributed by atoms with Gasteiger partial charge in [0.15, 0.2) is 0 Å². The van der Waals surface area contributed by atoms with Crippen LogP contribution in [0.1, 0.15) is 41.3 Å². The van der Waals surface area contributed by atoms with Crippen LogP contribution in [0.15, 0.2) is 17.5 Å². The molecule has 0 aliphatic heterocycles. The predicted octanol–water partition coefficient (Wildman–Crippen LogP) is 2.69. The van der Waals surface area contributed by atoms with Crippen molar-refractivity contribution in [3.05, 3.63) is 33.0 Å². The van der Waals surface area contributed by atoms with E-state index in [9.17, 15) is 0 Å². The van der Waals surface area contributed by atoms with Gasteiger partial charge in [-0.3, -0.25) is 11.3 Å². The summed E-state index contributed by atoms with van der Waals surface area (Å²) >= 11 is 3.25. The third-order valence-electron chi connectivity index (χ3n) is 2.85. The normalized spacial score (nSPS) is 12.8. The minimum Gasteiger partial charge on any atom is -0.271 e. The molecule has 1 unspecified atom stereocenters. The molecule has 0 saturated carbocycles. The molecule has 0 bridgehead atoms. The smallest absolute Gasteiger partial charge is 0.0804 e. The Balaban J connectivity index is 2.01. The molecule has 18 heavy (non-hydrogen) atoms.